The van der Waals surface area contributed by atoms with Crippen LogP contribution in [0.2, 0.25) is 5.02 Å². The lowest BCUT2D eigenvalue weighted by atomic mass is 9.81. The van der Waals surface area contributed by atoms with Gasteiger partial charge in [-0.2, -0.15) is 0 Å². The lowest BCUT2D eigenvalue weighted by Gasteiger charge is -2.23. The molecule has 2 aromatic carbocycles. The molecule has 0 fully saturated rings. The molecular weight excluding hydrogens is 390 g/mol. The molecule has 3 rings (SSSR count). The van der Waals surface area contributed by atoms with Gasteiger partial charge < -0.3 is 0 Å². The van der Waals surface area contributed by atoms with Gasteiger partial charge >= 0.3 is 0 Å². The van der Waals surface area contributed by atoms with Crippen LogP contribution in [-0.4, -0.2) is 10.8 Å². The third-order valence-electron chi connectivity index (χ3n) is 5.06. The Bertz CT molecular complexity index is 1050. The SMILES string of the molecule is CC(C)(C)CC(=O)c1cc(-c2ccc(Cl)cc2)cc(-c2cnccc2C(C)(C)C)c1. The molecule has 2 nitrogen and oxygen atoms in total. The van der Waals surface area contributed by atoms with Crippen molar-refractivity contribution in [3.8, 4) is 22.3 Å². The predicted octanol–water partition coefficient (Wildman–Crippen LogP) is 7.99. The quantitative estimate of drug-likeness (QED) is 0.401. The van der Waals surface area contributed by atoms with Gasteiger partial charge in [-0.15, -0.1) is 0 Å². The van der Waals surface area contributed by atoms with Gasteiger partial charge in [0.1, 0.15) is 0 Å². The molecule has 0 spiro atoms. The Morgan fingerprint density at radius 2 is 1.50 bits per heavy atom. The monoisotopic (exact) mass is 419 g/mol. The highest BCUT2D eigenvalue weighted by Gasteiger charge is 2.22. The Morgan fingerprint density at radius 1 is 0.867 bits per heavy atom. The normalized spacial score (nSPS) is 12.1. The summed E-state index contributed by atoms with van der Waals surface area (Å²) in [5, 5.41) is 0.696. The van der Waals surface area contributed by atoms with Crippen LogP contribution in [0.4, 0.5) is 0 Å². The van der Waals surface area contributed by atoms with Gasteiger partial charge in [-0.25, -0.2) is 0 Å². The number of pyridine rings is 1. The molecule has 0 unspecified atom stereocenters. The number of carbonyl (C=O) groups excluding carboxylic acids is 1. The average Bonchev–Trinajstić information content (AvgIpc) is 2.66. The van der Waals surface area contributed by atoms with Crippen molar-refractivity contribution in [1.82, 2.24) is 4.98 Å². The second-order valence-corrected chi connectivity index (χ2v) is 10.6. The first-order valence-corrected chi connectivity index (χ1v) is 10.7. The maximum atomic E-state index is 13.1. The minimum Gasteiger partial charge on any atom is -0.294 e. The van der Waals surface area contributed by atoms with E-state index in [-0.39, 0.29) is 16.6 Å². The first-order chi connectivity index (χ1) is 13.9. The van der Waals surface area contributed by atoms with Gasteiger partial charge in [-0.05, 0) is 69.5 Å². The largest absolute Gasteiger partial charge is 0.294 e. The second kappa shape index (κ2) is 8.35. The van der Waals surface area contributed by atoms with E-state index in [9.17, 15) is 4.79 Å². The molecule has 156 valence electrons. The predicted molar refractivity (Wildman–Crippen MR) is 127 cm³/mol. The number of ketones is 1. The number of rotatable bonds is 4. The van der Waals surface area contributed by atoms with E-state index in [4.69, 9.17) is 11.6 Å². The average molecular weight is 420 g/mol. The van der Waals surface area contributed by atoms with E-state index in [0.717, 1.165) is 27.8 Å². The van der Waals surface area contributed by atoms with Crippen LogP contribution >= 0.6 is 11.6 Å². The molecule has 30 heavy (non-hydrogen) atoms. The van der Waals surface area contributed by atoms with Crippen molar-refractivity contribution in [1.29, 1.82) is 0 Å². The lowest BCUT2D eigenvalue weighted by Crippen LogP contribution is -2.14. The van der Waals surface area contributed by atoms with Crippen LogP contribution in [0.25, 0.3) is 22.3 Å². The summed E-state index contributed by atoms with van der Waals surface area (Å²) in [6.45, 7) is 12.9. The number of aromatic nitrogens is 1. The summed E-state index contributed by atoms with van der Waals surface area (Å²) in [6.07, 6.45) is 4.23. The summed E-state index contributed by atoms with van der Waals surface area (Å²) < 4.78 is 0. The number of nitrogens with zero attached hydrogens (tertiary/aromatic N) is 1. The molecule has 0 amide bonds. The van der Waals surface area contributed by atoms with Crippen LogP contribution in [0.15, 0.2) is 60.9 Å². The number of hydrogen-bond acceptors (Lipinski definition) is 2. The molecule has 0 N–H and O–H groups in total. The summed E-state index contributed by atoms with van der Waals surface area (Å²) in [6, 6.07) is 16.0. The van der Waals surface area contributed by atoms with Crippen LogP contribution in [0.5, 0.6) is 0 Å². The molecular formula is C27H30ClNO. The van der Waals surface area contributed by atoms with Gasteiger partial charge in [-0.3, -0.25) is 9.78 Å². The molecule has 0 saturated carbocycles. The fourth-order valence-corrected chi connectivity index (χ4v) is 3.74. The minimum atomic E-state index is -0.0710. The van der Waals surface area contributed by atoms with Crippen molar-refractivity contribution >= 4 is 17.4 Å². The Labute approximate surface area is 185 Å². The first-order valence-electron chi connectivity index (χ1n) is 10.3. The molecule has 3 aromatic rings. The van der Waals surface area contributed by atoms with Crippen molar-refractivity contribution in [3.05, 3.63) is 77.1 Å². The van der Waals surface area contributed by atoms with Crippen LogP contribution in [0.1, 0.15) is 63.9 Å². The molecule has 0 atom stereocenters. The summed E-state index contributed by atoms with van der Waals surface area (Å²) in [5.74, 6) is 0.153. The van der Waals surface area contributed by atoms with E-state index < -0.39 is 0 Å². The molecule has 1 heterocycles. The van der Waals surface area contributed by atoms with E-state index >= 15 is 0 Å². The van der Waals surface area contributed by atoms with Crippen molar-refractivity contribution in [2.75, 3.05) is 0 Å². The van der Waals surface area contributed by atoms with Crippen molar-refractivity contribution in [3.63, 3.8) is 0 Å². The Hall–Kier alpha value is -2.45. The summed E-state index contributed by atoms with van der Waals surface area (Å²) >= 11 is 6.09. The number of halogens is 1. The van der Waals surface area contributed by atoms with Crippen LogP contribution in [-0.2, 0) is 5.41 Å². The number of hydrogen-bond donors (Lipinski definition) is 0. The van der Waals surface area contributed by atoms with Gasteiger partial charge in [0.25, 0.3) is 0 Å². The highest BCUT2D eigenvalue weighted by Crippen LogP contribution is 2.36. The molecule has 0 radical (unpaired) electrons. The van der Waals surface area contributed by atoms with Gasteiger partial charge in [0.15, 0.2) is 5.78 Å². The molecule has 0 aliphatic carbocycles. The van der Waals surface area contributed by atoms with Crippen LogP contribution < -0.4 is 0 Å². The molecule has 1 aromatic heterocycles. The number of Topliss-reactive ketones (excluding diaryl/α,β-unsaturated/α-hetero) is 1. The van der Waals surface area contributed by atoms with Crippen molar-refractivity contribution in [2.24, 2.45) is 5.41 Å². The zero-order chi connectivity index (χ0) is 22.1. The van der Waals surface area contributed by atoms with Crippen LogP contribution in [0.3, 0.4) is 0 Å². The van der Waals surface area contributed by atoms with Gasteiger partial charge in [0, 0.05) is 35.0 Å². The van der Waals surface area contributed by atoms with E-state index in [2.05, 4.69) is 58.7 Å². The smallest absolute Gasteiger partial charge is 0.163 e. The van der Waals surface area contributed by atoms with E-state index in [1.807, 2.05) is 48.8 Å². The van der Waals surface area contributed by atoms with Crippen molar-refractivity contribution in [2.45, 2.75) is 53.4 Å². The lowest BCUT2D eigenvalue weighted by molar-refractivity contribution is 0.0940. The van der Waals surface area contributed by atoms with Crippen LogP contribution in [0, 0.1) is 5.41 Å². The highest BCUT2D eigenvalue weighted by atomic mass is 35.5. The van der Waals surface area contributed by atoms with Gasteiger partial charge in [0.05, 0.1) is 0 Å². The number of carbonyl (C=O) groups is 1. The Kier molecular flexibility index (Phi) is 6.19. The van der Waals surface area contributed by atoms with Gasteiger partial charge in [-0.1, -0.05) is 65.3 Å². The molecule has 0 aliphatic heterocycles. The fourth-order valence-electron chi connectivity index (χ4n) is 3.62. The topological polar surface area (TPSA) is 30.0 Å². The maximum absolute atomic E-state index is 13.1. The number of benzene rings is 2. The van der Waals surface area contributed by atoms with Gasteiger partial charge in [0.2, 0.25) is 0 Å². The zero-order valence-corrected chi connectivity index (χ0v) is 19.5. The summed E-state index contributed by atoms with van der Waals surface area (Å²) in [7, 11) is 0. The third kappa shape index (κ3) is 5.37. The molecule has 0 aliphatic rings. The molecule has 3 heteroatoms. The second-order valence-electron chi connectivity index (χ2n) is 10.1. The molecule has 0 saturated heterocycles. The summed E-state index contributed by atoms with van der Waals surface area (Å²) in [5.41, 5.74) is 5.94. The maximum Gasteiger partial charge on any atom is 0.163 e. The highest BCUT2D eigenvalue weighted by molar-refractivity contribution is 6.30. The third-order valence-corrected chi connectivity index (χ3v) is 5.32. The zero-order valence-electron chi connectivity index (χ0n) is 18.7. The minimum absolute atomic E-state index is 0.0376. The first kappa shape index (κ1) is 22.2. The summed E-state index contributed by atoms with van der Waals surface area (Å²) in [4.78, 5) is 17.5. The van der Waals surface area contributed by atoms with E-state index in [1.54, 1.807) is 0 Å². The Balaban J connectivity index is 2.21. The van der Waals surface area contributed by atoms with E-state index in [0.29, 0.717) is 11.4 Å². The Morgan fingerprint density at radius 3 is 2.10 bits per heavy atom. The van der Waals surface area contributed by atoms with Crippen molar-refractivity contribution < 1.29 is 4.79 Å². The molecule has 0 bridgehead atoms. The standard InChI is InChI=1S/C27H30ClNO/c1-26(2,3)16-25(30)21-14-19(18-7-9-22(28)10-8-18)13-20(15-21)23-17-29-12-11-24(23)27(4,5)6/h7-15,17H,16H2,1-6H3. The van der Waals surface area contributed by atoms with E-state index in [1.165, 1.54) is 5.56 Å². The fraction of sp³-hybridized carbons (Fsp3) is 0.333.